The molecule has 0 spiro atoms. The molecule has 96 valence electrons. The summed E-state index contributed by atoms with van der Waals surface area (Å²) in [5, 5.41) is 3.25. The van der Waals surface area contributed by atoms with Crippen LogP contribution in [0.5, 0.6) is 0 Å². The van der Waals surface area contributed by atoms with Crippen LogP contribution in [0.4, 0.5) is 0 Å². The SMILES string of the molecule is Cl.Cl.S=C(NCc1ccccc1)c1ccccc1. The Morgan fingerprint density at radius 1 is 0.833 bits per heavy atom. The molecule has 4 heteroatoms. The highest BCUT2D eigenvalue weighted by molar-refractivity contribution is 7.80. The van der Waals surface area contributed by atoms with Crippen molar-refractivity contribution < 1.29 is 0 Å². The third-order valence-electron chi connectivity index (χ3n) is 2.33. The van der Waals surface area contributed by atoms with Crippen LogP contribution in [-0.4, -0.2) is 4.99 Å². The fraction of sp³-hybridized carbons (Fsp3) is 0.0714. The van der Waals surface area contributed by atoms with Gasteiger partial charge in [-0.3, -0.25) is 0 Å². The molecule has 0 amide bonds. The first-order valence-electron chi connectivity index (χ1n) is 5.23. The van der Waals surface area contributed by atoms with Crippen LogP contribution >= 0.6 is 37.0 Å². The third-order valence-corrected chi connectivity index (χ3v) is 2.71. The van der Waals surface area contributed by atoms with Gasteiger partial charge in [-0.15, -0.1) is 24.8 Å². The van der Waals surface area contributed by atoms with E-state index in [1.165, 1.54) is 5.56 Å². The summed E-state index contributed by atoms with van der Waals surface area (Å²) in [6, 6.07) is 20.2. The molecule has 2 aromatic carbocycles. The zero-order valence-corrected chi connectivity index (χ0v) is 12.2. The standard InChI is InChI=1S/C14H13NS.2ClH/c16-14(13-9-5-2-6-10-13)15-11-12-7-3-1-4-8-12;;/h1-10H,11H2,(H,15,16);2*1H. The Balaban J connectivity index is 0.00000144. The average molecular weight is 300 g/mol. The second kappa shape index (κ2) is 8.92. The molecule has 0 fully saturated rings. The van der Waals surface area contributed by atoms with Crippen LogP contribution in [0, 0.1) is 0 Å². The molecule has 0 saturated carbocycles. The highest BCUT2D eigenvalue weighted by Crippen LogP contribution is 2.02. The normalized spacial score (nSPS) is 8.67. The Kier molecular flexibility index (Phi) is 8.38. The topological polar surface area (TPSA) is 12.0 Å². The number of hydrogen-bond donors (Lipinski definition) is 1. The molecule has 0 unspecified atom stereocenters. The quantitative estimate of drug-likeness (QED) is 0.860. The molecule has 18 heavy (non-hydrogen) atoms. The van der Waals surface area contributed by atoms with Gasteiger partial charge in [-0.05, 0) is 5.56 Å². The lowest BCUT2D eigenvalue weighted by molar-refractivity contribution is 0.929. The average Bonchev–Trinajstić information content (AvgIpc) is 2.38. The molecule has 1 nitrogen and oxygen atoms in total. The fourth-order valence-electron chi connectivity index (χ4n) is 1.47. The summed E-state index contributed by atoms with van der Waals surface area (Å²) in [4.78, 5) is 0.796. The van der Waals surface area contributed by atoms with Gasteiger partial charge in [0.2, 0.25) is 0 Å². The third kappa shape index (κ3) is 5.05. The van der Waals surface area contributed by atoms with Crippen LogP contribution < -0.4 is 5.32 Å². The molecule has 0 saturated heterocycles. The number of thiocarbonyl (C=S) groups is 1. The molecule has 0 aliphatic heterocycles. The van der Waals surface area contributed by atoms with E-state index in [4.69, 9.17) is 12.2 Å². The molecular formula is C14H15Cl2NS. The van der Waals surface area contributed by atoms with E-state index in [9.17, 15) is 0 Å². The minimum atomic E-state index is 0. The monoisotopic (exact) mass is 299 g/mol. The van der Waals surface area contributed by atoms with E-state index in [0.29, 0.717) is 0 Å². The largest absolute Gasteiger partial charge is 0.372 e. The summed E-state index contributed by atoms with van der Waals surface area (Å²) in [7, 11) is 0. The van der Waals surface area contributed by atoms with Crippen molar-refractivity contribution in [1.82, 2.24) is 5.32 Å². The van der Waals surface area contributed by atoms with Gasteiger partial charge in [0, 0.05) is 12.1 Å². The molecule has 1 N–H and O–H groups in total. The Hall–Kier alpha value is -1.09. The molecule has 0 atom stereocenters. The van der Waals surface area contributed by atoms with Crippen LogP contribution in [0.2, 0.25) is 0 Å². The van der Waals surface area contributed by atoms with Crippen molar-refractivity contribution in [3.63, 3.8) is 0 Å². The predicted octanol–water partition coefficient (Wildman–Crippen LogP) is 4.00. The van der Waals surface area contributed by atoms with Crippen molar-refractivity contribution in [1.29, 1.82) is 0 Å². The minimum absolute atomic E-state index is 0. The van der Waals surface area contributed by atoms with Crippen molar-refractivity contribution in [2.45, 2.75) is 6.54 Å². The maximum absolute atomic E-state index is 5.31. The van der Waals surface area contributed by atoms with Gasteiger partial charge in [-0.2, -0.15) is 0 Å². The molecular weight excluding hydrogens is 285 g/mol. The summed E-state index contributed by atoms with van der Waals surface area (Å²) in [5.74, 6) is 0. The molecule has 0 aromatic heterocycles. The Morgan fingerprint density at radius 2 is 1.33 bits per heavy atom. The van der Waals surface area contributed by atoms with Crippen molar-refractivity contribution in [2.75, 3.05) is 0 Å². The molecule has 0 radical (unpaired) electrons. The Morgan fingerprint density at radius 3 is 1.89 bits per heavy atom. The smallest absolute Gasteiger partial charge is 0.106 e. The van der Waals surface area contributed by atoms with Crippen molar-refractivity contribution in [2.24, 2.45) is 0 Å². The highest BCUT2D eigenvalue weighted by atomic mass is 35.5. The van der Waals surface area contributed by atoms with Gasteiger partial charge in [-0.1, -0.05) is 72.9 Å². The van der Waals surface area contributed by atoms with Crippen LogP contribution in [0.1, 0.15) is 11.1 Å². The number of nitrogens with one attached hydrogen (secondary N) is 1. The van der Waals surface area contributed by atoms with Gasteiger partial charge in [0.25, 0.3) is 0 Å². The molecule has 0 bridgehead atoms. The van der Waals surface area contributed by atoms with Crippen LogP contribution in [0.15, 0.2) is 60.7 Å². The summed E-state index contributed by atoms with van der Waals surface area (Å²) < 4.78 is 0. The second-order valence-corrected chi connectivity index (χ2v) is 3.94. The molecule has 0 aliphatic carbocycles. The van der Waals surface area contributed by atoms with Crippen LogP contribution in [0.25, 0.3) is 0 Å². The Labute approximate surface area is 125 Å². The van der Waals surface area contributed by atoms with Gasteiger partial charge in [0.1, 0.15) is 4.99 Å². The number of benzene rings is 2. The van der Waals surface area contributed by atoms with E-state index in [1.54, 1.807) is 0 Å². The summed E-state index contributed by atoms with van der Waals surface area (Å²) in [5.41, 5.74) is 2.30. The van der Waals surface area contributed by atoms with Crippen molar-refractivity contribution in [3.05, 3.63) is 71.8 Å². The van der Waals surface area contributed by atoms with Gasteiger partial charge in [0.05, 0.1) is 0 Å². The summed E-state index contributed by atoms with van der Waals surface area (Å²) in [6.07, 6.45) is 0. The first-order chi connectivity index (χ1) is 7.86. The predicted molar refractivity (Wildman–Crippen MR) is 85.9 cm³/mol. The maximum Gasteiger partial charge on any atom is 0.106 e. The van der Waals surface area contributed by atoms with E-state index in [-0.39, 0.29) is 24.8 Å². The first kappa shape index (κ1) is 16.9. The van der Waals surface area contributed by atoms with Gasteiger partial charge in [-0.25, -0.2) is 0 Å². The zero-order valence-electron chi connectivity index (χ0n) is 9.71. The van der Waals surface area contributed by atoms with Crippen LogP contribution in [0.3, 0.4) is 0 Å². The number of rotatable bonds is 3. The lowest BCUT2D eigenvalue weighted by Gasteiger charge is -2.07. The minimum Gasteiger partial charge on any atom is -0.372 e. The molecule has 0 heterocycles. The van der Waals surface area contributed by atoms with Crippen molar-refractivity contribution in [3.8, 4) is 0 Å². The Bertz CT molecular complexity index is 460. The number of halogens is 2. The lowest BCUT2D eigenvalue weighted by atomic mass is 10.2. The second-order valence-electron chi connectivity index (χ2n) is 3.53. The fourth-order valence-corrected chi connectivity index (χ4v) is 1.68. The highest BCUT2D eigenvalue weighted by Gasteiger charge is 1.98. The van der Waals surface area contributed by atoms with E-state index in [1.807, 2.05) is 48.5 Å². The van der Waals surface area contributed by atoms with E-state index >= 15 is 0 Å². The molecule has 0 aliphatic rings. The van der Waals surface area contributed by atoms with E-state index in [0.717, 1.165) is 17.1 Å². The van der Waals surface area contributed by atoms with Gasteiger partial charge >= 0.3 is 0 Å². The maximum atomic E-state index is 5.31. The van der Waals surface area contributed by atoms with Gasteiger partial charge < -0.3 is 5.32 Å². The zero-order chi connectivity index (χ0) is 11.2. The summed E-state index contributed by atoms with van der Waals surface area (Å²) in [6.45, 7) is 0.772. The summed E-state index contributed by atoms with van der Waals surface area (Å²) >= 11 is 5.31. The molecule has 2 rings (SSSR count). The lowest BCUT2D eigenvalue weighted by Crippen LogP contribution is -2.21. The van der Waals surface area contributed by atoms with Crippen LogP contribution in [-0.2, 0) is 6.54 Å². The van der Waals surface area contributed by atoms with Crippen molar-refractivity contribution >= 4 is 42.0 Å². The molecule has 2 aromatic rings. The van der Waals surface area contributed by atoms with E-state index in [2.05, 4.69) is 17.4 Å². The van der Waals surface area contributed by atoms with Gasteiger partial charge in [0.15, 0.2) is 0 Å². The first-order valence-corrected chi connectivity index (χ1v) is 5.64. The number of hydrogen-bond acceptors (Lipinski definition) is 1. The van der Waals surface area contributed by atoms with E-state index < -0.39 is 0 Å².